The molecule has 0 saturated heterocycles. The number of nitrogens with one attached hydrogen (secondary N) is 1. The lowest BCUT2D eigenvalue weighted by atomic mass is 10.0. The molecule has 0 bridgehead atoms. The normalized spacial score (nSPS) is 12.3. The van der Waals surface area contributed by atoms with E-state index in [0.29, 0.717) is 6.04 Å². The minimum absolute atomic E-state index is 0.372. The van der Waals surface area contributed by atoms with Crippen LogP contribution in [-0.2, 0) is 6.42 Å². The summed E-state index contributed by atoms with van der Waals surface area (Å²) in [5, 5.41) is 5.76. The lowest BCUT2D eigenvalue weighted by molar-refractivity contribution is 0.405. The van der Waals surface area contributed by atoms with Gasteiger partial charge in [0.05, 0.1) is 7.11 Å². The minimum atomic E-state index is 0.372. The summed E-state index contributed by atoms with van der Waals surface area (Å²) in [4.78, 5) is 1.39. The number of para-hydroxylation sites is 1. The Hall–Kier alpha value is -1.32. The van der Waals surface area contributed by atoms with E-state index in [-0.39, 0.29) is 0 Å². The highest BCUT2D eigenvalue weighted by atomic mass is 32.1. The predicted octanol–water partition coefficient (Wildman–Crippen LogP) is 4.04. The number of benzene rings is 1. The van der Waals surface area contributed by atoms with Crippen LogP contribution in [0.25, 0.3) is 0 Å². The van der Waals surface area contributed by atoms with Crippen molar-refractivity contribution in [1.82, 2.24) is 5.32 Å². The average Bonchev–Trinajstić information content (AvgIpc) is 2.98. The molecule has 1 unspecified atom stereocenters. The molecule has 2 nitrogen and oxygen atoms in total. The molecule has 0 spiro atoms. The van der Waals surface area contributed by atoms with Gasteiger partial charge in [0.25, 0.3) is 0 Å². The van der Waals surface area contributed by atoms with Gasteiger partial charge in [-0.15, -0.1) is 11.3 Å². The van der Waals surface area contributed by atoms with E-state index in [1.54, 1.807) is 7.11 Å². The summed E-state index contributed by atoms with van der Waals surface area (Å²) in [6.07, 6.45) is 2.11. The van der Waals surface area contributed by atoms with Gasteiger partial charge in [0.15, 0.2) is 0 Å². The molecule has 1 heterocycles. The summed E-state index contributed by atoms with van der Waals surface area (Å²) >= 11 is 1.81. The molecular weight excluding hydrogens is 254 g/mol. The predicted molar refractivity (Wildman–Crippen MR) is 82.1 cm³/mol. The highest BCUT2D eigenvalue weighted by Gasteiger charge is 2.14. The van der Waals surface area contributed by atoms with E-state index >= 15 is 0 Å². The van der Waals surface area contributed by atoms with E-state index in [9.17, 15) is 0 Å². The van der Waals surface area contributed by atoms with Crippen molar-refractivity contribution < 1.29 is 4.74 Å². The first-order valence-corrected chi connectivity index (χ1v) is 7.61. The Morgan fingerprint density at radius 3 is 2.74 bits per heavy atom. The van der Waals surface area contributed by atoms with Gasteiger partial charge >= 0.3 is 0 Å². The Bertz CT molecular complexity index is 481. The van der Waals surface area contributed by atoms with Crippen molar-refractivity contribution in [3.63, 3.8) is 0 Å². The smallest absolute Gasteiger partial charge is 0.122 e. The SMILES string of the molecule is CCCNC(Cc1ccccc1OC)c1cccs1. The van der Waals surface area contributed by atoms with Crippen LogP contribution in [0.4, 0.5) is 0 Å². The van der Waals surface area contributed by atoms with E-state index < -0.39 is 0 Å². The summed E-state index contributed by atoms with van der Waals surface area (Å²) in [6.45, 7) is 3.24. The molecule has 0 saturated carbocycles. The second kappa shape index (κ2) is 7.31. The van der Waals surface area contributed by atoms with Gasteiger partial charge in [-0.2, -0.15) is 0 Å². The molecule has 2 aromatic rings. The quantitative estimate of drug-likeness (QED) is 0.823. The number of rotatable bonds is 7. The first-order valence-electron chi connectivity index (χ1n) is 6.73. The minimum Gasteiger partial charge on any atom is -0.496 e. The third kappa shape index (κ3) is 3.82. The highest BCUT2D eigenvalue weighted by molar-refractivity contribution is 7.10. The molecule has 0 aliphatic rings. The maximum absolute atomic E-state index is 5.44. The molecule has 1 atom stereocenters. The Kier molecular flexibility index (Phi) is 5.43. The van der Waals surface area contributed by atoms with Crippen molar-refractivity contribution in [3.05, 3.63) is 52.2 Å². The van der Waals surface area contributed by atoms with Crippen molar-refractivity contribution in [2.75, 3.05) is 13.7 Å². The van der Waals surface area contributed by atoms with Crippen molar-refractivity contribution >= 4 is 11.3 Å². The molecule has 1 aromatic heterocycles. The van der Waals surface area contributed by atoms with Crippen LogP contribution in [0, 0.1) is 0 Å². The fraction of sp³-hybridized carbons (Fsp3) is 0.375. The monoisotopic (exact) mass is 275 g/mol. The van der Waals surface area contributed by atoms with Crippen molar-refractivity contribution in [2.45, 2.75) is 25.8 Å². The number of ether oxygens (including phenoxy) is 1. The molecule has 1 N–H and O–H groups in total. The number of methoxy groups -OCH3 is 1. The molecule has 0 aliphatic carbocycles. The largest absolute Gasteiger partial charge is 0.496 e. The van der Waals surface area contributed by atoms with E-state index in [0.717, 1.165) is 25.1 Å². The van der Waals surface area contributed by atoms with Crippen LogP contribution in [0.2, 0.25) is 0 Å². The first kappa shape index (κ1) is 14.1. The molecule has 0 fully saturated rings. The fourth-order valence-corrected chi connectivity index (χ4v) is 2.98. The summed E-state index contributed by atoms with van der Waals surface area (Å²) < 4.78 is 5.44. The second-order valence-electron chi connectivity index (χ2n) is 4.54. The van der Waals surface area contributed by atoms with Gasteiger partial charge in [-0.3, -0.25) is 0 Å². The molecule has 3 heteroatoms. The van der Waals surface area contributed by atoms with E-state index in [1.807, 2.05) is 23.5 Å². The molecule has 0 radical (unpaired) electrons. The molecule has 102 valence electrons. The van der Waals surface area contributed by atoms with Gasteiger partial charge < -0.3 is 10.1 Å². The van der Waals surface area contributed by atoms with Gasteiger partial charge in [0, 0.05) is 10.9 Å². The van der Waals surface area contributed by atoms with Crippen LogP contribution in [0.5, 0.6) is 5.75 Å². The van der Waals surface area contributed by atoms with Crippen molar-refractivity contribution in [3.8, 4) is 5.75 Å². The zero-order valence-corrected chi connectivity index (χ0v) is 12.4. The van der Waals surface area contributed by atoms with Gasteiger partial charge in [-0.1, -0.05) is 31.2 Å². The average molecular weight is 275 g/mol. The zero-order valence-electron chi connectivity index (χ0n) is 11.6. The van der Waals surface area contributed by atoms with E-state index in [4.69, 9.17) is 4.74 Å². The molecule has 19 heavy (non-hydrogen) atoms. The Morgan fingerprint density at radius 2 is 2.05 bits per heavy atom. The standard InChI is InChI=1S/C16H21NOS/c1-3-10-17-14(16-9-6-11-19-16)12-13-7-4-5-8-15(13)18-2/h4-9,11,14,17H,3,10,12H2,1-2H3. The molecule has 0 amide bonds. The maximum atomic E-state index is 5.44. The van der Waals surface area contributed by atoms with Gasteiger partial charge in [0.2, 0.25) is 0 Å². The number of thiophene rings is 1. The number of hydrogen-bond acceptors (Lipinski definition) is 3. The van der Waals surface area contributed by atoms with Gasteiger partial charge in [-0.25, -0.2) is 0 Å². The van der Waals surface area contributed by atoms with E-state index in [1.165, 1.54) is 10.4 Å². The lowest BCUT2D eigenvalue weighted by Gasteiger charge is -2.18. The third-order valence-electron chi connectivity index (χ3n) is 3.14. The van der Waals surface area contributed by atoms with Crippen molar-refractivity contribution in [2.24, 2.45) is 0 Å². The molecular formula is C16H21NOS. The summed E-state index contributed by atoms with van der Waals surface area (Å²) in [5.41, 5.74) is 1.26. The molecule has 0 aliphatic heterocycles. The van der Waals surface area contributed by atoms with Crippen LogP contribution in [-0.4, -0.2) is 13.7 Å². The molecule has 2 rings (SSSR count). The van der Waals surface area contributed by atoms with E-state index in [2.05, 4.69) is 41.9 Å². The van der Waals surface area contributed by atoms with Crippen LogP contribution in [0.15, 0.2) is 41.8 Å². The van der Waals surface area contributed by atoms with Crippen LogP contribution < -0.4 is 10.1 Å². The summed E-state index contributed by atoms with van der Waals surface area (Å²) in [7, 11) is 1.73. The Morgan fingerprint density at radius 1 is 1.21 bits per heavy atom. The Labute approximate surface area is 119 Å². The van der Waals surface area contributed by atoms with Crippen LogP contribution in [0.3, 0.4) is 0 Å². The highest BCUT2D eigenvalue weighted by Crippen LogP contribution is 2.27. The van der Waals surface area contributed by atoms with Gasteiger partial charge in [0.1, 0.15) is 5.75 Å². The maximum Gasteiger partial charge on any atom is 0.122 e. The zero-order chi connectivity index (χ0) is 13.5. The molecule has 1 aromatic carbocycles. The fourth-order valence-electron chi connectivity index (χ4n) is 2.17. The summed E-state index contributed by atoms with van der Waals surface area (Å²) in [6, 6.07) is 12.9. The van der Waals surface area contributed by atoms with Crippen molar-refractivity contribution in [1.29, 1.82) is 0 Å². The van der Waals surface area contributed by atoms with Gasteiger partial charge in [-0.05, 0) is 42.5 Å². The third-order valence-corrected chi connectivity index (χ3v) is 4.13. The van der Waals surface area contributed by atoms with Crippen LogP contribution in [0.1, 0.15) is 29.8 Å². The Balaban J connectivity index is 2.15. The number of hydrogen-bond donors (Lipinski definition) is 1. The first-order chi connectivity index (χ1) is 9.35. The van der Waals surface area contributed by atoms with Crippen LogP contribution >= 0.6 is 11.3 Å². The lowest BCUT2D eigenvalue weighted by Crippen LogP contribution is -2.23. The topological polar surface area (TPSA) is 21.3 Å². The second-order valence-corrected chi connectivity index (χ2v) is 5.52. The summed E-state index contributed by atoms with van der Waals surface area (Å²) in [5.74, 6) is 0.974.